The Morgan fingerprint density at radius 3 is 2.80 bits per heavy atom. The maximum absolute atomic E-state index is 13.1. The summed E-state index contributed by atoms with van der Waals surface area (Å²) in [5.41, 5.74) is 1.87. The second kappa shape index (κ2) is 8.14. The van der Waals surface area contributed by atoms with E-state index in [1.807, 2.05) is 53.6 Å². The van der Waals surface area contributed by atoms with Crippen LogP contribution in [0.5, 0.6) is 5.75 Å². The number of piperidine rings is 1. The average molecular weight is 424 g/mol. The number of fused-ring (bicyclic) bond motifs is 1. The molecule has 2 aromatic heterocycles. The lowest BCUT2D eigenvalue weighted by atomic mass is 10.1. The minimum Gasteiger partial charge on any atom is -0.477 e. The Morgan fingerprint density at radius 2 is 2.00 bits per heavy atom. The Labute approximate surface area is 180 Å². The molecule has 1 saturated heterocycles. The van der Waals surface area contributed by atoms with Crippen molar-refractivity contribution in [3.63, 3.8) is 0 Å². The first-order chi connectivity index (χ1) is 14.7. The molecule has 1 fully saturated rings. The molecule has 0 bridgehead atoms. The summed E-state index contributed by atoms with van der Waals surface area (Å²) in [5, 5.41) is 2.02. The summed E-state index contributed by atoms with van der Waals surface area (Å²) in [6.07, 6.45) is 2.84. The van der Waals surface area contributed by atoms with Crippen LogP contribution < -0.4 is 9.64 Å². The van der Waals surface area contributed by atoms with Crippen molar-refractivity contribution < 1.29 is 13.9 Å². The lowest BCUT2D eigenvalue weighted by Crippen LogP contribution is -2.51. The van der Waals surface area contributed by atoms with E-state index in [1.54, 1.807) is 11.3 Å². The van der Waals surface area contributed by atoms with E-state index in [4.69, 9.17) is 14.1 Å². The fourth-order valence-electron chi connectivity index (χ4n) is 4.16. The maximum Gasteiger partial charge on any atom is 0.265 e. The van der Waals surface area contributed by atoms with Gasteiger partial charge in [0.15, 0.2) is 6.10 Å². The van der Waals surface area contributed by atoms with E-state index >= 15 is 0 Å². The molecule has 2 aliphatic rings. The van der Waals surface area contributed by atoms with Gasteiger partial charge in [-0.3, -0.25) is 4.79 Å². The molecule has 7 heteroatoms. The number of thiophene rings is 1. The van der Waals surface area contributed by atoms with Gasteiger partial charge in [-0.25, -0.2) is 4.98 Å². The van der Waals surface area contributed by atoms with Gasteiger partial charge in [-0.15, -0.1) is 11.3 Å². The Morgan fingerprint density at radius 1 is 1.17 bits per heavy atom. The molecule has 3 aromatic rings. The van der Waals surface area contributed by atoms with Gasteiger partial charge in [0.1, 0.15) is 17.2 Å². The predicted octanol–water partition coefficient (Wildman–Crippen LogP) is 4.49. The number of nitrogens with zero attached hydrogens (tertiary/aromatic N) is 3. The number of aromatic nitrogens is 1. The quantitative estimate of drug-likeness (QED) is 0.619. The highest BCUT2D eigenvalue weighted by Gasteiger charge is 2.34. The van der Waals surface area contributed by atoms with Crippen LogP contribution in [0.4, 0.5) is 5.69 Å². The summed E-state index contributed by atoms with van der Waals surface area (Å²) in [6.45, 7) is 4.68. The van der Waals surface area contributed by atoms with Crippen LogP contribution in [0.3, 0.4) is 0 Å². The zero-order valence-electron chi connectivity index (χ0n) is 17.0. The van der Waals surface area contributed by atoms with Crippen LogP contribution in [-0.4, -0.2) is 41.5 Å². The summed E-state index contributed by atoms with van der Waals surface area (Å²) in [4.78, 5) is 23.0. The highest BCUT2D eigenvalue weighted by molar-refractivity contribution is 7.13. The van der Waals surface area contributed by atoms with Crippen molar-refractivity contribution >= 4 is 22.9 Å². The number of hydrogen-bond donors (Lipinski definition) is 0. The molecular weight excluding hydrogens is 398 g/mol. The van der Waals surface area contributed by atoms with Gasteiger partial charge in [-0.2, -0.15) is 0 Å². The summed E-state index contributed by atoms with van der Waals surface area (Å²) in [6, 6.07) is 11.9. The Kier molecular flexibility index (Phi) is 5.21. The topological polar surface area (TPSA) is 58.8 Å². The van der Waals surface area contributed by atoms with Crippen molar-refractivity contribution in [2.75, 3.05) is 24.5 Å². The lowest BCUT2D eigenvalue weighted by molar-refractivity contribution is -0.139. The molecule has 0 unspecified atom stereocenters. The van der Waals surface area contributed by atoms with Gasteiger partial charge in [-0.05, 0) is 49.8 Å². The molecule has 2 aliphatic heterocycles. The number of amides is 1. The van der Waals surface area contributed by atoms with E-state index in [2.05, 4.69) is 4.90 Å². The first-order valence-electron chi connectivity index (χ1n) is 10.5. The third kappa shape index (κ3) is 3.69. The molecule has 0 saturated carbocycles. The number of carbonyl (C=O) groups excluding carboxylic acids is 1. The summed E-state index contributed by atoms with van der Waals surface area (Å²) in [7, 11) is 0. The number of anilines is 1. The van der Waals surface area contributed by atoms with Crippen molar-refractivity contribution in [2.45, 2.75) is 38.8 Å². The number of ether oxygens (including phenoxy) is 1. The molecule has 1 atom stereocenters. The number of hydrogen-bond acceptors (Lipinski definition) is 6. The number of likely N-dealkylation sites (tertiary alicyclic amines) is 1. The fourth-order valence-corrected chi connectivity index (χ4v) is 4.81. The van der Waals surface area contributed by atoms with Gasteiger partial charge < -0.3 is 19.0 Å². The molecule has 4 heterocycles. The standard InChI is InChI=1S/C23H25N3O3S/c1-16-17(24-22(28-16)21-10-7-13-30-21)14-26-15-20(23(27)25-11-5-2-6-12-25)29-19-9-4-3-8-18(19)26/h3-4,7-10,13,20H,2,5-6,11-12,14-15H2,1H3/t20-/m0/s1. The normalized spacial score (nSPS) is 18.8. The van der Waals surface area contributed by atoms with Gasteiger partial charge >= 0.3 is 0 Å². The monoisotopic (exact) mass is 423 g/mol. The van der Waals surface area contributed by atoms with E-state index in [0.29, 0.717) is 19.0 Å². The molecule has 0 aliphatic carbocycles. The SMILES string of the molecule is Cc1oc(-c2cccs2)nc1CN1C[C@@H](C(=O)N2CCCCC2)Oc2ccccc21. The van der Waals surface area contributed by atoms with Crippen LogP contribution in [0.15, 0.2) is 46.2 Å². The van der Waals surface area contributed by atoms with Crippen molar-refractivity contribution in [3.8, 4) is 16.5 Å². The van der Waals surface area contributed by atoms with Crippen LogP contribution in [0, 0.1) is 6.92 Å². The summed E-state index contributed by atoms with van der Waals surface area (Å²) < 4.78 is 12.1. The highest BCUT2D eigenvalue weighted by atomic mass is 32.1. The minimum atomic E-state index is -0.498. The summed E-state index contributed by atoms with van der Waals surface area (Å²) >= 11 is 1.61. The molecular formula is C23H25N3O3S. The van der Waals surface area contributed by atoms with E-state index < -0.39 is 6.10 Å². The van der Waals surface area contributed by atoms with Gasteiger partial charge in [0.05, 0.1) is 23.7 Å². The molecule has 1 aromatic carbocycles. The van der Waals surface area contributed by atoms with Gasteiger partial charge in [0.25, 0.3) is 5.91 Å². The molecule has 0 radical (unpaired) electrons. The van der Waals surface area contributed by atoms with Crippen LogP contribution in [0.1, 0.15) is 30.7 Å². The molecule has 1 amide bonds. The van der Waals surface area contributed by atoms with Crippen molar-refractivity contribution in [1.29, 1.82) is 0 Å². The maximum atomic E-state index is 13.1. The zero-order valence-corrected chi connectivity index (χ0v) is 17.9. The number of rotatable bonds is 4. The van der Waals surface area contributed by atoms with E-state index in [9.17, 15) is 4.79 Å². The highest BCUT2D eigenvalue weighted by Crippen LogP contribution is 2.35. The zero-order chi connectivity index (χ0) is 20.5. The van der Waals surface area contributed by atoms with Gasteiger partial charge in [0, 0.05) is 13.1 Å². The third-order valence-electron chi connectivity index (χ3n) is 5.77. The first-order valence-corrected chi connectivity index (χ1v) is 11.4. The average Bonchev–Trinajstić information content (AvgIpc) is 3.44. The van der Waals surface area contributed by atoms with E-state index in [-0.39, 0.29) is 5.91 Å². The smallest absolute Gasteiger partial charge is 0.265 e. The Bertz CT molecular complexity index is 1020. The largest absolute Gasteiger partial charge is 0.477 e. The molecule has 5 rings (SSSR count). The van der Waals surface area contributed by atoms with Crippen molar-refractivity contribution in [1.82, 2.24) is 9.88 Å². The lowest BCUT2D eigenvalue weighted by Gasteiger charge is -2.38. The molecule has 6 nitrogen and oxygen atoms in total. The minimum absolute atomic E-state index is 0.0883. The van der Waals surface area contributed by atoms with Crippen LogP contribution in [-0.2, 0) is 11.3 Å². The second-order valence-corrected chi connectivity index (χ2v) is 8.79. The second-order valence-electron chi connectivity index (χ2n) is 7.84. The van der Waals surface area contributed by atoms with E-state index in [0.717, 1.165) is 53.7 Å². The van der Waals surface area contributed by atoms with Crippen LogP contribution in [0.2, 0.25) is 0 Å². The van der Waals surface area contributed by atoms with Crippen molar-refractivity contribution in [3.05, 3.63) is 53.2 Å². The van der Waals surface area contributed by atoms with Crippen LogP contribution >= 0.6 is 11.3 Å². The summed E-state index contributed by atoms with van der Waals surface area (Å²) in [5.74, 6) is 2.30. The Balaban J connectivity index is 1.40. The number of benzene rings is 1. The van der Waals surface area contributed by atoms with Crippen LogP contribution in [0.25, 0.3) is 10.8 Å². The van der Waals surface area contributed by atoms with E-state index in [1.165, 1.54) is 6.42 Å². The number of para-hydroxylation sites is 2. The Hall–Kier alpha value is -2.80. The molecule has 0 N–H and O–H groups in total. The predicted molar refractivity (Wildman–Crippen MR) is 117 cm³/mol. The molecule has 156 valence electrons. The number of oxazole rings is 1. The van der Waals surface area contributed by atoms with Crippen molar-refractivity contribution in [2.24, 2.45) is 0 Å². The number of carbonyl (C=O) groups is 1. The molecule has 0 spiro atoms. The van der Waals surface area contributed by atoms with Gasteiger partial charge in [-0.1, -0.05) is 18.2 Å². The van der Waals surface area contributed by atoms with Gasteiger partial charge in [0.2, 0.25) is 5.89 Å². The molecule has 30 heavy (non-hydrogen) atoms. The number of aryl methyl sites for hydroxylation is 1. The first kappa shape index (κ1) is 19.2. The third-order valence-corrected chi connectivity index (χ3v) is 6.63. The fraction of sp³-hybridized carbons (Fsp3) is 0.391.